The van der Waals surface area contributed by atoms with Crippen molar-refractivity contribution in [3.63, 3.8) is 0 Å². The van der Waals surface area contributed by atoms with E-state index in [2.05, 4.69) is 142 Å². The summed E-state index contributed by atoms with van der Waals surface area (Å²) in [5.41, 5.74) is 0. The topological polar surface area (TPSA) is 78.9 Å². The van der Waals surface area contributed by atoms with Gasteiger partial charge in [0, 0.05) is 19.3 Å². The molecule has 0 N–H and O–H groups in total. The molecule has 0 aliphatic rings. The number of carbonyl (C=O) groups excluding carboxylic acids is 3. The van der Waals surface area contributed by atoms with Crippen LogP contribution in [0.1, 0.15) is 188 Å². The first kappa shape index (κ1) is 58.6. The Morgan fingerprint density at radius 3 is 1.10 bits per heavy atom. The Bertz CT molecular complexity index is 1420. The monoisotopic (exact) mass is 869 g/mol. The van der Waals surface area contributed by atoms with Gasteiger partial charge in [-0.2, -0.15) is 0 Å². The van der Waals surface area contributed by atoms with Gasteiger partial charge in [0.1, 0.15) is 13.2 Å². The largest absolute Gasteiger partial charge is 0.462 e. The molecule has 0 radical (unpaired) electrons. The molecule has 0 aromatic carbocycles. The lowest BCUT2D eigenvalue weighted by atomic mass is 10.1. The standard InChI is InChI=1S/C57H88O6/c1-4-7-10-13-16-19-22-25-27-29-31-32-35-38-41-44-47-50-56(59)62-53-54(52-61-55(58)49-46-43-40-37-34-24-21-18-15-12-9-6-3)63-57(60)51-48-45-42-39-36-33-30-28-26-23-20-17-14-11-8-5-2/h8-9,11-12,16-21,25-28,31-33,36,38,41-42,45,54H,4-7,10,13-15,22-24,29-30,34-35,37,39-40,43-44,46-53H2,1-3H3/b11-8-,12-9-,19-16-,20-17-,21-18-,27-25-,28-26-,32-31-,36-33-,41-38-,45-42-. The summed E-state index contributed by atoms with van der Waals surface area (Å²) in [5, 5.41) is 0. The second-order valence-corrected chi connectivity index (χ2v) is 15.6. The van der Waals surface area contributed by atoms with E-state index in [9.17, 15) is 14.4 Å². The van der Waals surface area contributed by atoms with Gasteiger partial charge in [-0.05, 0) is 116 Å². The number of ether oxygens (including phenoxy) is 3. The van der Waals surface area contributed by atoms with Crippen molar-refractivity contribution >= 4 is 17.9 Å². The minimum Gasteiger partial charge on any atom is -0.462 e. The molecular formula is C57H88O6. The van der Waals surface area contributed by atoms with Crippen LogP contribution in [-0.2, 0) is 28.6 Å². The molecule has 0 rings (SSSR count). The molecular weight excluding hydrogens is 781 g/mol. The van der Waals surface area contributed by atoms with Crippen LogP contribution in [0.25, 0.3) is 0 Å². The lowest BCUT2D eigenvalue weighted by Gasteiger charge is -2.18. The number of allylic oxidation sites excluding steroid dienone is 22. The molecule has 0 saturated heterocycles. The quantitative estimate of drug-likeness (QED) is 0.0263. The third-order valence-electron chi connectivity index (χ3n) is 9.63. The molecule has 0 spiro atoms. The van der Waals surface area contributed by atoms with E-state index in [1.807, 2.05) is 12.2 Å². The molecule has 0 aromatic rings. The fourth-order valence-electron chi connectivity index (χ4n) is 5.99. The van der Waals surface area contributed by atoms with Gasteiger partial charge in [-0.15, -0.1) is 0 Å². The van der Waals surface area contributed by atoms with E-state index < -0.39 is 12.1 Å². The molecule has 0 bridgehead atoms. The Labute approximate surface area is 385 Å². The van der Waals surface area contributed by atoms with E-state index in [1.165, 1.54) is 25.7 Å². The van der Waals surface area contributed by atoms with E-state index in [4.69, 9.17) is 14.2 Å². The normalized spacial score (nSPS) is 13.3. The van der Waals surface area contributed by atoms with Crippen molar-refractivity contribution in [1.82, 2.24) is 0 Å². The summed E-state index contributed by atoms with van der Waals surface area (Å²) < 4.78 is 16.6. The van der Waals surface area contributed by atoms with Crippen LogP contribution in [0.5, 0.6) is 0 Å². The zero-order chi connectivity index (χ0) is 45.8. The van der Waals surface area contributed by atoms with Crippen molar-refractivity contribution in [3.05, 3.63) is 134 Å². The van der Waals surface area contributed by atoms with Crippen molar-refractivity contribution in [1.29, 1.82) is 0 Å². The molecule has 1 atom stereocenters. The maximum Gasteiger partial charge on any atom is 0.306 e. The van der Waals surface area contributed by atoms with Crippen LogP contribution in [0.15, 0.2) is 134 Å². The molecule has 6 nitrogen and oxygen atoms in total. The average molecular weight is 869 g/mol. The van der Waals surface area contributed by atoms with Gasteiger partial charge < -0.3 is 14.2 Å². The molecule has 0 aliphatic heterocycles. The van der Waals surface area contributed by atoms with Gasteiger partial charge in [0.25, 0.3) is 0 Å². The van der Waals surface area contributed by atoms with Crippen LogP contribution >= 0.6 is 0 Å². The average Bonchev–Trinajstić information content (AvgIpc) is 3.28. The number of hydrogen-bond donors (Lipinski definition) is 0. The van der Waals surface area contributed by atoms with Crippen molar-refractivity contribution < 1.29 is 28.6 Å². The van der Waals surface area contributed by atoms with Crippen LogP contribution in [0.2, 0.25) is 0 Å². The lowest BCUT2D eigenvalue weighted by molar-refractivity contribution is -0.166. The predicted octanol–water partition coefficient (Wildman–Crippen LogP) is 16.3. The Morgan fingerprint density at radius 2 is 0.667 bits per heavy atom. The summed E-state index contributed by atoms with van der Waals surface area (Å²) in [4.78, 5) is 37.9. The zero-order valence-electron chi connectivity index (χ0n) is 40.0. The van der Waals surface area contributed by atoms with E-state index in [-0.39, 0.29) is 38.0 Å². The van der Waals surface area contributed by atoms with Gasteiger partial charge in [-0.25, -0.2) is 0 Å². The highest BCUT2D eigenvalue weighted by Crippen LogP contribution is 2.10. The number of unbranched alkanes of at least 4 members (excludes halogenated alkanes) is 9. The summed E-state index contributed by atoms with van der Waals surface area (Å²) >= 11 is 0. The van der Waals surface area contributed by atoms with E-state index in [0.717, 1.165) is 109 Å². The predicted molar refractivity (Wildman–Crippen MR) is 269 cm³/mol. The van der Waals surface area contributed by atoms with E-state index >= 15 is 0 Å². The molecule has 0 heterocycles. The van der Waals surface area contributed by atoms with Crippen molar-refractivity contribution in [2.45, 2.75) is 194 Å². The lowest BCUT2D eigenvalue weighted by Crippen LogP contribution is -2.30. The van der Waals surface area contributed by atoms with Gasteiger partial charge >= 0.3 is 17.9 Å². The fourth-order valence-corrected chi connectivity index (χ4v) is 5.99. The second-order valence-electron chi connectivity index (χ2n) is 15.6. The molecule has 63 heavy (non-hydrogen) atoms. The highest BCUT2D eigenvalue weighted by atomic mass is 16.6. The Balaban J connectivity index is 4.63. The maximum atomic E-state index is 12.7. The first-order chi connectivity index (χ1) is 31.0. The minimum atomic E-state index is -0.849. The molecule has 0 fully saturated rings. The number of carbonyl (C=O) groups is 3. The maximum absolute atomic E-state index is 12.7. The molecule has 0 aliphatic carbocycles. The Hall–Kier alpha value is -4.45. The van der Waals surface area contributed by atoms with Gasteiger partial charge in [-0.3, -0.25) is 14.4 Å². The van der Waals surface area contributed by atoms with Gasteiger partial charge in [0.15, 0.2) is 6.10 Å². The van der Waals surface area contributed by atoms with Crippen LogP contribution < -0.4 is 0 Å². The molecule has 6 heteroatoms. The van der Waals surface area contributed by atoms with Gasteiger partial charge in [-0.1, -0.05) is 187 Å². The molecule has 0 saturated carbocycles. The van der Waals surface area contributed by atoms with Crippen LogP contribution in [0.4, 0.5) is 0 Å². The smallest absolute Gasteiger partial charge is 0.306 e. The van der Waals surface area contributed by atoms with Crippen molar-refractivity contribution in [2.75, 3.05) is 13.2 Å². The fraction of sp³-hybridized carbons (Fsp3) is 0.561. The molecule has 1 unspecified atom stereocenters. The SMILES string of the molecule is CC/C=C\C/C=C\C/C=C\C/C=C\C/C=C\CCC(=O)OC(COC(=O)CCC/C=C\C/C=C\C/C=C\C/C=C\CCCCC)COC(=O)CCCCCCC/C=C\C/C=C\CC. The van der Waals surface area contributed by atoms with E-state index in [0.29, 0.717) is 19.3 Å². The van der Waals surface area contributed by atoms with Crippen LogP contribution in [0.3, 0.4) is 0 Å². The zero-order valence-corrected chi connectivity index (χ0v) is 40.0. The summed E-state index contributed by atoms with van der Waals surface area (Å²) in [6.07, 6.45) is 70.2. The van der Waals surface area contributed by atoms with Crippen LogP contribution in [-0.4, -0.2) is 37.2 Å². The van der Waals surface area contributed by atoms with Crippen LogP contribution in [0, 0.1) is 0 Å². The van der Waals surface area contributed by atoms with Crippen molar-refractivity contribution in [2.24, 2.45) is 0 Å². The molecule has 0 amide bonds. The first-order valence-electron chi connectivity index (χ1n) is 24.7. The Kier molecular flexibility index (Phi) is 46.7. The molecule has 352 valence electrons. The Morgan fingerprint density at radius 1 is 0.333 bits per heavy atom. The van der Waals surface area contributed by atoms with Gasteiger partial charge in [0.2, 0.25) is 0 Å². The van der Waals surface area contributed by atoms with Gasteiger partial charge in [0.05, 0.1) is 0 Å². The number of hydrogen-bond acceptors (Lipinski definition) is 6. The first-order valence-corrected chi connectivity index (χ1v) is 24.7. The van der Waals surface area contributed by atoms with E-state index in [1.54, 1.807) is 0 Å². The van der Waals surface area contributed by atoms with Crippen molar-refractivity contribution in [3.8, 4) is 0 Å². The highest BCUT2D eigenvalue weighted by Gasteiger charge is 2.19. The summed E-state index contributed by atoms with van der Waals surface area (Å²) in [7, 11) is 0. The number of esters is 3. The summed E-state index contributed by atoms with van der Waals surface area (Å²) in [6, 6.07) is 0. The third-order valence-corrected chi connectivity index (χ3v) is 9.63. The number of rotatable bonds is 42. The summed E-state index contributed by atoms with van der Waals surface area (Å²) in [6.45, 7) is 6.23. The molecule has 0 aromatic heterocycles. The second kappa shape index (κ2) is 50.2. The minimum absolute atomic E-state index is 0.137. The highest BCUT2D eigenvalue weighted by molar-refractivity contribution is 5.71. The third kappa shape index (κ3) is 48.4. The summed E-state index contributed by atoms with van der Waals surface area (Å²) in [5.74, 6) is -1.11.